The number of hydrogen-bond acceptors (Lipinski definition) is 8. The van der Waals surface area contributed by atoms with Crippen LogP contribution in [-0.2, 0) is 11.3 Å². The second-order valence-electron chi connectivity index (χ2n) is 7.72. The second-order valence-corrected chi connectivity index (χ2v) is 7.72. The van der Waals surface area contributed by atoms with Crippen LogP contribution in [0.5, 0.6) is 23.0 Å². The fraction of sp³-hybridized carbons (Fsp3) is 0.231. The lowest BCUT2D eigenvalue weighted by Gasteiger charge is -2.21. The first kappa shape index (κ1) is 23.7. The SMILES string of the molecule is COc1cc([C@H](CC(=O)NCc2ccco2)c2c(O)c3ccccc3oc2=O)cc(OC)c1OC. The average molecular weight is 479 g/mol. The lowest BCUT2D eigenvalue weighted by atomic mass is 9.87. The normalized spacial score (nSPS) is 11.7. The molecule has 182 valence electrons. The lowest BCUT2D eigenvalue weighted by Crippen LogP contribution is -2.26. The zero-order chi connectivity index (χ0) is 24.9. The molecule has 9 heteroatoms. The monoisotopic (exact) mass is 479 g/mol. The summed E-state index contributed by atoms with van der Waals surface area (Å²) in [6.45, 7) is 0.173. The number of methoxy groups -OCH3 is 3. The maximum atomic E-state index is 13.1. The Balaban J connectivity index is 1.83. The number of hydrogen-bond donors (Lipinski definition) is 2. The van der Waals surface area contributed by atoms with Gasteiger partial charge in [-0.2, -0.15) is 0 Å². The number of fused-ring (bicyclic) bond motifs is 1. The third-order valence-electron chi connectivity index (χ3n) is 5.69. The number of furan rings is 1. The van der Waals surface area contributed by atoms with Gasteiger partial charge in [-0.1, -0.05) is 12.1 Å². The molecular formula is C26H25NO8. The van der Waals surface area contributed by atoms with Gasteiger partial charge in [0.2, 0.25) is 11.7 Å². The minimum atomic E-state index is -0.888. The fourth-order valence-corrected chi connectivity index (χ4v) is 4.00. The predicted molar refractivity (Wildman–Crippen MR) is 127 cm³/mol. The number of amides is 1. The van der Waals surface area contributed by atoms with Gasteiger partial charge in [-0.05, 0) is 42.0 Å². The molecule has 0 bridgehead atoms. The lowest BCUT2D eigenvalue weighted by molar-refractivity contribution is -0.121. The van der Waals surface area contributed by atoms with Crippen LogP contribution in [0.1, 0.15) is 29.2 Å². The average Bonchev–Trinajstić information content (AvgIpc) is 3.39. The number of rotatable bonds is 9. The molecular weight excluding hydrogens is 454 g/mol. The van der Waals surface area contributed by atoms with Crippen molar-refractivity contribution in [3.63, 3.8) is 0 Å². The summed E-state index contributed by atoms with van der Waals surface area (Å²) in [6, 6.07) is 13.4. The summed E-state index contributed by atoms with van der Waals surface area (Å²) in [6.07, 6.45) is 1.34. The summed E-state index contributed by atoms with van der Waals surface area (Å²) in [5.41, 5.74) is -0.0694. The van der Waals surface area contributed by atoms with Crippen LogP contribution < -0.4 is 25.2 Å². The van der Waals surface area contributed by atoms with Gasteiger partial charge in [0.1, 0.15) is 17.1 Å². The smallest absolute Gasteiger partial charge is 0.343 e. The van der Waals surface area contributed by atoms with Gasteiger partial charge >= 0.3 is 5.63 Å². The number of para-hydroxylation sites is 1. The number of carbonyl (C=O) groups is 1. The Morgan fingerprint density at radius 3 is 2.37 bits per heavy atom. The van der Waals surface area contributed by atoms with Crippen molar-refractivity contribution in [2.75, 3.05) is 21.3 Å². The Kier molecular flexibility index (Phi) is 6.96. The molecule has 4 rings (SSSR count). The molecule has 2 N–H and O–H groups in total. The molecule has 35 heavy (non-hydrogen) atoms. The van der Waals surface area contributed by atoms with E-state index in [-0.39, 0.29) is 35.8 Å². The molecule has 0 aliphatic carbocycles. The van der Waals surface area contributed by atoms with Gasteiger partial charge < -0.3 is 33.5 Å². The quantitative estimate of drug-likeness (QED) is 0.346. The van der Waals surface area contributed by atoms with Crippen molar-refractivity contribution in [3.8, 4) is 23.0 Å². The first-order valence-corrected chi connectivity index (χ1v) is 10.8. The zero-order valence-corrected chi connectivity index (χ0v) is 19.5. The molecule has 2 heterocycles. The highest BCUT2D eigenvalue weighted by Gasteiger charge is 2.29. The van der Waals surface area contributed by atoms with E-state index in [0.29, 0.717) is 34.0 Å². The van der Waals surface area contributed by atoms with E-state index in [1.54, 1.807) is 48.5 Å². The molecule has 0 fully saturated rings. The second kappa shape index (κ2) is 10.3. The van der Waals surface area contributed by atoms with Crippen molar-refractivity contribution < 1.29 is 32.9 Å². The van der Waals surface area contributed by atoms with Gasteiger partial charge in [-0.15, -0.1) is 0 Å². The van der Waals surface area contributed by atoms with Crippen LogP contribution in [0.4, 0.5) is 0 Å². The molecule has 0 aliphatic heterocycles. The van der Waals surface area contributed by atoms with E-state index in [4.69, 9.17) is 23.0 Å². The van der Waals surface area contributed by atoms with Crippen LogP contribution in [0.2, 0.25) is 0 Å². The van der Waals surface area contributed by atoms with Gasteiger partial charge in [-0.3, -0.25) is 4.79 Å². The van der Waals surface area contributed by atoms with E-state index >= 15 is 0 Å². The molecule has 2 aromatic carbocycles. The summed E-state index contributed by atoms with van der Waals surface area (Å²) in [5.74, 6) is 0.105. The van der Waals surface area contributed by atoms with Gasteiger partial charge in [0.05, 0.1) is 45.1 Å². The Hall–Kier alpha value is -4.40. The first-order valence-electron chi connectivity index (χ1n) is 10.8. The van der Waals surface area contributed by atoms with Crippen LogP contribution in [0, 0.1) is 0 Å². The van der Waals surface area contributed by atoms with Crippen molar-refractivity contribution in [2.45, 2.75) is 18.9 Å². The van der Waals surface area contributed by atoms with Crippen LogP contribution in [0.15, 0.2) is 68.4 Å². The van der Waals surface area contributed by atoms with Crippen molar-refractivity contribution in [1.82, 2.24) is 5.32 Å². The molecule has 4 aromatic rings. The van der Waals surface area contributed by atoms with Crippen molar-refractivity contribution in [1.29, 1.82) is 0 Å². The Bertz CT molecular complexity index is 1370. The maximum absolute atomic E-state index is 13.1. The molecule has 0 aliphatic rings. The predicted octanol–water partition coefficient (Wildman–Crippen LogP) is 3.96. The van der Waals surface area contributed by atoms with Gasteiger partial charge in [-0.25, -0.2) is 4.79 Å². The number of benzene rings is 2. The summed E-state index contributed by atoms with van der Waals surface area (Å²) in [7, 11) is 4.41. The number of ether oxygens (including phenoxy) is 3. The van der Waals surface area contributed by atoms with Crippen LogP contribution >= 0.6 is 0 Å². The molecule has 0 spiro atoms. The first-order chi connectivity index (χ1) is 17.0. The number of aromatic hydroxyl groups is 1. The van der Waals surface area contributed by atoms with Crippen LogP contribution in [-0.4, -0.2) is 32.3 Å². The third-order valence-corrected chi connectivity index (χ3v) is 5.69. The van der Waals surface area contributed by atoms with E-state index in [2.05, 4.69) is 5.32 Å². The van der Waals surface area contributed by atoms with Gasteiger partial charge in [0.25, 0.3) is 0 Å². The standard InChI is InChI=1S/C26H25NO8/c1-31-20-11-15(12-21(32-2)25(20)33-3)18(13-22(28)27-14-16-7-6-10-34-16)23-24(29)17-8-4-5-9-19(17)35-26(23)30/h4-12,18,29H,13-14H2,1-3H3,(H,27,28)/t18-/m0/s1. The molecule has 0 radical (unpaired) electrons. The van der Waals surface area contributed by atoms with Crippen molar-refractivity contribution >= 4 is 16.9 Å². The highest BCUT2D eigenvalue weighted by molar-refractivity contribution is 5.85. The minimum Gasteiger partial charge on any atom is -0.507 e. The molecule has 0 saturated heterocycles. The summed E-state index contributed by atoms with van der Waals surface area (Å²) >= 11 is 0. The van der Waals surface area contributed by atoms with E-state index in [1.165, 1.54) is 27.6 Å². The molecule has 0 saturated carbocycles. The van der Waals surface area contributed by atoms with Crippen LogP contribution in [0.25, 0.3) is 11.0 Å². The maximum Gasteiger partial charge on any atom is 0.343 e. The van der Waals surface area contributed by atoms with Gasteiger partial charge in [0, 0.05) is 12.3 Å². The summed E-state index contributed by atoms with van der Waals surface area (Å²) in [4.78, 5) is 26.0. The summed E-state index contributed by atoms with van der Waals surface area (Å²) < 4.78 is 27.1. The topological polar surface area (TPSA) is 120 Å². The van der Waals surface area contributed by atoms with E-state index < -0.39 is 11.5 Å². The minimum absolute atomic E-state index is 0.0499. The van der Waals surface area contributed by atoms with Crippen LogP contribution in [0.3, 0.4) is 0 Å². The molecule has 1 atom stereocenters. The van der Waals surface area contributed by atoms with E-state index in [9.17, 15) is 14.7 Å². The highest BCUT2D eigenvalue weighted by atomic mass is 16.5. The molecule has 2 aromatic heterocycles. The van der Waals surface area contributed by atoms with E-state index in [0.717, 1.165) is 0 Å². The number of carbonyl (C=O) groups excluding carboxylic acids is 1. The van der Waals surface area contributed by atoms with E-state index in [1.807, 2.05) is 0 Å². The summed E-state index contributed by atoms with van der Waals surface area (Å²) in [5, 5.41) is 14.2. The van der Waals surface area contributed by atoms with Gasteiger partial charge in [0.15, 0.2) is 11.5 Å². The molecule has 0 unspecified atom stereocenters. The number of nitrogens with one attached hydrogen (secondary N) is 1. The largest absolute Gasteiger partial charge is 0.507 e. The molecule has 9 nitrogen and oxygen atoms in total. The Morgan fingerprint density at radius 2 is 1.74 bits per heavy atom. The van der Waals surface area contributed by atoms with Crippen molar-refractivity contribution in [3.05, 3.63) is 82.1 Å². The Morgan fingerprint density at radius 1 is 1.03 bits per heavy atom. The molecule has 1 amide bonds. The van der Waals surface area contributed by atoms with Crippen molar-refractivity contribution in [2.24, 2.45) is 0 Å². The highest BCUT2D eigenvalue weighted by Crippen LogP contribution is 2.43. The Labute approximate surface area is 200 Å². The third kappa shape index (κ3) is 4.79. The zero-order valence-electron chi connectivity index (χ0n) is 19.5. The fourth-order valence-electron chi connectivity index (χ4n) is 4.00.